The number of hydrogen-bond acceptors (Lipinski definition) is 3. The highest BCUT2D eigenvalue weighted by atomic mass is 32.1. The zero-order valence-electron chi connectivity index (χ0n) is 16.9. The molecule has 0 spiro atoms. The minimum absolute atomic E-state index is 0.174. The van der Waals surface area contributed by atoms with Crippen molar-refractivity contribution >= 4 is 17.3 Å². The second kappa shape index (κ2) is 9.60. The van der Waals surface area contributed by atoms with Crippen molar-refractivity contribution in [3.8, 4) is 11.5 Å². The molecule has 146 valence electrons. The lowest BCUT2D eigenvalue weighted by Gasteiger charge is -2.19. The number of methoxy groups -OCH3 is 2. The number of thiocarbonyl (C=S) groups is 1. The number of nitrogens with one attached hydrogen (secondary N) is 2. The number of ether oxygens (including phenoxy) is 2. The van der Waals surface area contributed by atoms with E-state index in [1.54, 1.807) is 14.2 Å². The highest BCUT2D eigenvalue weighted by molar-refractivity contribution is 7.80. The molecular weight excluding hydrogens is 356 g/mol. The molecule has 2 aromatic rings. The van der Waals surface area contributed by atoms with Gasteiger partial charge in [-0.25, -0.2) is 0 Å². The van der Waals surface area contributed by atoms with Crippen LogP contribution in [0, 0.1) is 0 Å². The van der Waals surface area contributed by atoms with Gasteiger partial charge in [-0.15, -0.1) is 0 Å². The average molecular weight is 387 g/mol. The topological polar surface area (TPSA) is 42.5 Å². The van der Waals surface area contributed by atoms with Crippen LogP contribution in [0.25, 0.3) is 0 Å². The first-order valence-corrected chi connectivity index (χ1v) is 9.56. The zero-order valence-corrected chi connectivity index (χ0v) is 17.7. The maximum absolute atomic E-state index is 5.37. The van der Waals surface area contributed by atoms with Gasteiger partial charge in [-0.3, -0.25) is 0 Å². The molecule has 0 heterocycles. The van der Waals surface area contributed by atoms with Crippen LogP contribution in [0.15, 0.2) is 42.5 Å². The van der Waals surface area contributed by atoms with E-state index < -0.39 is 0 Å². The molecule has 0 fully saturated rings. The van der Waals surface area contributed by atoms with Gasteiger partial charge in [0.05, 0.1) is 14.2 Å². The molecule has 27 heavy (non-hydrogen) atoms. The van der Waals surface area contributed by atoms with Gasteiger partial charge in [0.25, 0.3) is 0 Å². The molecule has 0 radical (unpaired) electrons. The van der Waals surface area contributed by atoms with E-state index in [1.165, 1.54) is 16.7 Å². The van der Waals surface area contributed by atoms with Gasteiger partial charge in [-0.05, 0) is 52.9 Å². The molecule has 2 rings (SSSR count). The van der Waals surface area contributed by atoms with E-state index >= 15 is 0 Å². The molecule has 0 saturated carbocycles. The van der Waals surface area contributed by atoms with Crippen LogP contribution in [0.3, 0.4) is 0 Å². The highest BCUT2D eigenvalue weighted by Crippen LogP contribution is 2.27. The van der Waals surface area contributed by atoms with Crippen LogP contribution in [-0.2, 0) is 18.4 Å². The van der Waals surface area contributed by atoms with Crippen molar-refractivity contribution in [2.45, 2.75) is 39.2 Å². The van der Waals surface area contributed by atoms with Crippen LogP contribution in [-0.4, -0.2) is 25.9 Å². The summed E-state index contributed by atoms with van der Waals surface area (Å²) >= 11 is 5.37. The first-order valence-electron chi connectivity index (χ1n) is 9.15. The molecule has 0 aliphatic heterocycles. The summed E-state index contributed by atoms with van der Waals surface area (Å²) < 4.78 is 10.6. The summed E-state index contributed by atoms with van der Waals surface area (Å²) in [6, 6.07) is 14.6. The fourth-order valence-electron chi connectivity index (χ4n) is 2.72. The van der Waals surface area contributed by atoms with Crippen LogP contribution in [0.5, 0.6) is 11.5 Å². The van der Waals surface area contributed by atoms with E-state index in [2.05, 4.69) is 55.7 Å². The zero-order chi connectivity index (χ0) is 19.9. The van der Waals surface area contributed by atoms with E-state index in [9.17, 15) is 0 Å². The van der Waals surface area contributed by atoms with Crippen LogP contribution >= 0.6 is 12.2 Å². The lowest BCUT2D eigenvalue weighted by Crippen LogP contribution is -2.35. The predicted molar refractivity (Wildman–Crippen MR) is 116 cm³/mol. The lowest BCUT2D eigenvalue weighted by atomic mass is 9.87. The fraction of sp³-hybridized carbons (Fsp3) is 0.409. The molecule has 0 unspecified atom stereocenters. The largest absolute Gasteiger partial charge is 0.493 e. The van der Waals surface area contributed by atoms with Gasteiger partial charge >= 0.3 is 0 Å². The first-order chi connectivity index (χ1) is 12.8. The second-order valence-corrected chi connectivity index (χ2v) is 7.90. The van der Waals surface area contributed by atoms with E-state index in [-0.39, 0.29) is 5.41 Å². The number of hydrogen-bond donors (Lipinski definition) is 2. The Bertz CT molecular complexity index is 752. The number of benzene rings is 2. The average Bonchev–Trinajstić information content (AvgIpc) is 2.65. The predicted octanol–water partition coefficient (Wildman–Crippen LogP) is 4.21. The van der Waals surface area contributed by atoms with Gasteiger partial charge in [0, 0.05) is 13.1 Å². The Morgan fingerprint density at radius 3 is 2.11 bits per heavy atom. The Morgan fingerprint density at radius 1 is 0.889 bits per heavy atom. The van der Waals surface area contributed by atoms with Gasteiger partial charge in [0.2, 0.25) is 0 Å². The standard InChI is InChI=1S/C22H30N2O2S/c1-22(2,3)18-9-6-17(7-10-18)15-24-21(27)23-13-12-16-8-11-19(25-4)20(14-16)26-5/h6-11,14H,12-13,15H2,1-5H3,(H2,23,24,27). The van der Waals surface area contributed by atoms with E-state index in [0.717, 1.165) is 24.5 Å². The van der Waals surface area contributed by atoms with Crippen molar-refractivity contribution in [2.75, 3.05) is 20.8 Å². The van der Waals surface area contributed by atoms with Gasteiger partial charge in [-0.1, -0.05) is 51.1 Å². The lowest BCUT2D eigenvalue weighted by molar-refractivity contribution is 0.354. The monoisotopic (exact) mass is 386 g/mol. The third-order valence-electron chi connectivity index (χ3n) is 4.42. The molecular formula is C22H30N2O2S. The molecule has 0 saturated heterocycles. The molecule has 2 N–H and O–H groups in total. The van der Waals surface area contributed by atoms with Gasteiger partial charge in [-0.2, -0.15) is 0 Å². The molecule has 2 aromatic carbocycles. The molecule has 0 aliphatic carbocycles. The van der Waals surface area contributed by atoms with Gasteiger partial charge < -0.3 is 20.1 Å². The number of rotatable bonds is 7. The third-order valence-corrected chi connectivity index (χ3v) is 4.71. The summed E-state index contributed by atoms with van der Waals surface area (Å²) in [5.41, 5.74) is 3.89. The molecule has 0 amide bonds. The normalized spacial score (nSPS) is 11.0. The molecule has 0 aliphatic rings. The minimum atomic E-state index is 0.174. The summed E-state index contributed by atoms with van der Waals surface area (Å²) in [4.78, 5) is 0. The summed E-state index contributed by atoms with van der Waals surface area (Å²) in [6.45, 7) is 8.13. The van der Waals surface area contributed by atoms with Crippen molar-refractivity contribution in [1.29, 1.82) is 0 Å². The second-order valence-electron chi connectivity index (χ2n) is 7.50. The molecule has 5 heteroatoms. The summed E-state index contributed by atoms with van der Waals surface area (Å²) in [7, 11) is 3.28. The van der Waals surface area contributed by atoms with Crippen molar-refractivity contribution in [1.82, 2.24) is 10.6 Å². The Kier molecular flexibility index (Phi) is 7.48. The minimum Gasteiger partial charge on any atom is -0.493 e. The van der Waals surface area contributed by atoms with Gasteiger partial charge in [0.1, 0.15) is 0 Å². The van der Waals surface area contributed by atoms with Crippen molar-refractivity contribution in [3.05, 3.63) is 59.2 Å². The Morgan fingerprint density at radius 2 is 1.52 bits per heavy atom. The van der Waals surface area contributed by atoms with E-state index in [1.807, 2.05) is 18.2 Å². The van der Waals surface area contributed by atoms with Crippen LogP contribution < -0.4 is 20.1 Å². The Balaban J connectivity index is 1.76. The SMILES string of the molecule is COc1ccc(CCNC(=S)NCc2ccc(C(C)(C)C)cc2)cc1OC. The van der Waals surface area contributed by atoms with Crippen molar-refractivity contribution < 1.29 is 9.47 Å². The quantitative estimate of drug-likeness (QED) is 0.698. The van der Waals surface area contributed by atoms with Gasteiger partial charge in [0.15, 0.2) is 16.6 Å². The Hall–Kier alpha value is -2.27. The fourth-order valence-corrected chi connectivity index (χ4v) is 2.90. The van der Waals surface area contributed by atoms with Crippen LogP contribution in [0.4, 0.5) is 0 Å². The van der Waals surface area contributed by atoms with Crippen LogP contribution in [0.1, 0.15) is 37.5 Å². The van der Waals surface area contributed by atoms with E-state index in [4.69, 9.17) is 21.7 Å². The maximum atomic E-state index is 5.37. The summed E-state index contributed by atoms with van der Waals surface area (Å²) in [5, 5.41) is 7.17. The first kappa shape index (κ1) is 21.0. The Labute approximate surface area is 168 Å². The maximum Gasteiger partial charge on any atom is 0.166 e. The third kappa shape index (κ3) is 6.43. The molecule has 0 aromatic heterocycles. The highest BCUT2D eigenvalue weighted by Gasteiger charge is 2.12. The van der Waals surface area contributed by atoms with E-state index in [0.29, 0.717) is 11.7 Å². The molecule has 0 atom stereocenters. The van der Waals surface area contributed by atoms with Crippen molar-refractivity contribution in [3.63, 3.8) is 0 Å². The van der Waals surface area contributed by atoms with Crippen LogP contribution in [0.2, 0.25) is 0 Å². The molecule has 4 nitrogen and oxygen atoms in total. The smallest absolute Gasteiger partial charge is 0.166 e. The summed E-state index contributed by atoms with van der Waals surface area (Å²) in [6.07, 6.45) is 0.850. The summed E-state index contributed by atoms with van der Waals surface area (Å²) in [5.74, 6) is 1.48. The molecule has 0 bridgehead atoms. The van der Waals surface area contributed by atoms with Crippen molar-refractivity contribution in [2.24, 2.45) is 0 Å².